The van der Waals surface area contributed by atoms with Crippen molar-refractivity contribution in [2.75, 3.05) is 23.6 Å². The Bertz CT molecular complexity index is 677. The van der Waals surface area contributed by atoms with Gasteiger partial charge in [0, 0.05) is 5.56 Å². The predicted molar refractivity (Wildman–Crippen MR) is 76.4 cm³/mol. The van der Waals surface area contributed by atoms with Crippen molar-refractivity contribution in [2.45, 2.75) is 6.92 Å². The molecule has 8 heteroatoms. The van der Waals surface area contributed by atoms with E-state index in [1.165, 1.54) is 12.1 Å². The molecule has 6 nitrogen and oxygen atoms in total. The van der Waals surface area contributed by atoms with E-state index in [4.69, 9.17) is 5.73 Å². The van der Waals surface area contributed by atoms with Gasteiger partial charge in [0.2, 0.25) is 10.0 Å². The number of rotatable bonds is 5. The molecule has 0 heterocycles. The van der Waals surface area contributed by atoms with Crippen molar-refractivity contribution >= 4 is 21.7 Å². The van der Waals surface area contributed by atoms with E-state index in [9.17, 15) is 17.6 Å². The molecule has 0 bridgehead atoms. The van der Waals surface area contributed by atoms with Gasteiger partial charge in [-0.3, -0.25) is 9.52 Å². The van der Waals surface area contributed by atoms with Gasteiger partial charge in [-0.1, -0.05) is 11.8 Å². The van der Waals surface area contributed by atoms with Gasteiger partial charge in [0.15, 0.2) is 5.75 Å². The van der Waals surface area contributed by atoms with Crippen molar-refractivity contribution in [3.8, 4) is 11.8 Å². The first-order valence-electron chi connectivity index (χ1n) is 6.02. The molecule has 21 heavy (non-hydrogen) atoms. The highest BCUT2D eigenvalue weighted by molar-refractivity contribution is 7.93. The Morgan fingerprint density at radius 2 is 2.19 bits per heavy atom. The van der Waals surface area contributed by atoms with Crippen LogP contribution in [0.3, 0.4) is 0 Å². The van der Waals surface area contributed by atoms with E-state index in [1.807, 2.05) is 4.72 Å². The van der Waals surface area contributed by atoms with Crippen molar-refractivity contribution in [3.63, 3.8) is 0 Å². The van der Waals surface area contributed by atoms with Crippen molar-refractivity contribution in [2.24, 2.45) is 5.73 Å². The van der Waals surface area contributed by atoms with E-state index in [0.717, 1.165) is 6.07 Å². The number of hydrogen-bond acceptors (Lipinski definition) is 5. The number of hydrogen-bond donors (Lipinski definition) is 2. The van der Waals surface area contributed by atoms with Crippen LogP contribution >= 0.6 is 0 Å². The average Bonchev–Trinajstić information content (AvgIpc) is 2.38. The zero-order valence-electron chi connectivity index (χ0n) is 11.3. The van der Waals surface area contributed by atoms with Gasteiger partial charge in [-0.05, 0) is 25.1 Å². The van der Waals surface area contributed by atoms with Crippen LogP contribution in [0.15, 0.2) is 18.2 Å². The van der Waals surface area contributed by atoms with Crippen molar-refractivity contribution in [1.82, 2.24) is 0 Å². The number of carbonyl (C=O) groups excluding carboxylic acids is 1. The van der Waals surface area contributed by atoms with Gasteiger partial charge >= 0.3 is 5.97 Å². The van der Waals surface area contributed by atoms with Gasteiger partial charge in [0.25, 0.3) is 0 Å². The molecule has 1 aromatic rings. The molecule has 0 unspecified atom stereocenters. The third-order valence-corrected chi connectivity index (χ3v) is 3.33. The monoisotopic (exact) mass is 314 g/mol. The van der Waals surface area contributed by atoms with Gasteiger partial charge in [-0.25, -0.2) is 12.8 Å². The third-order valence-electron chi connectivity index (χ3n) is 2.18. The maximum absolute atomic E-state index is 13.8. The summed E-state index contributed by atoms with van der Waals surface area (Å²) in [5.41, 5.74) is 5.30. The fraction of sp³-hybridized carbons (Fsp3) is 0.308. The van der Waals surface area contributed by atoms with E-state index >= 15 is 0 Å². The van der Waals surface area contributed by atoms with Crippen LogP contribution < -0.4 is 10.5 Å². The number of halogens is 1. The minimum Gasteiger partial charge on any atom is -0.465 e. The van der Waals surface area contributed by atoms with Crippen molar-refractivity contribution < 1.29 is 22.3 Å². The highest BCUT2D eigenvalue weighted by Crippen LogP contribution is 2.17. The molecule has 0 aromatic heterocycles. The number of benzene rings is 1. The van der Waals surface area contributed by atoms with Gasteiger partial charge in [-0.15, -0.1) is 0 Å². The molecule has 0 aliphatic carbocycles. The predicted octanol–water partition coefficient (Wildman–Crippen LogP) is 0.441. The SMILES string of the molecule is CCOC(=O)CS(=O)(=O)Nc1ccc(C#CCN)cc1F. The average molecular weight is 314 g/mol. The number of anilines is 1. The van der Waals surface area contributed by atoms with E-state index < -0.39 is 27.6 Å². The van der Waals surface area contributed by atoms with Crippen LogP contribution in [0, 0.1) is 17.7 Å². The van der Waals surface area contributed by atoms with Gasteiger partial charge in [-0.2, -0.15) is 0 Å². The number of carbonyl (C=O) groups is 1. The second-order valence-corrected chi connectivity index (χ2v) is 5.59. The summed E-state index contributed by atoms with van der Waals surface area (Å²) in [5.74, 6) is 2.58. The molecule has 0 radical (unpaired) electrons. The summed E-state index contributed by atoms with van der Waals surface area (Å²) in [6, 6.07) is 3.73. The molecule has 0 saturated heterocycles. The Kier molecular flexibility index (Phi) is 6.14. The lowest BCUT2D eigenvalue weighted by molar-refractivity contribution is -0.139. The Labute approximate surface area is 122 Å². The maximum atomic E-state index is 13.8. The van der Waals surface area contributed by atoms with Crippen LogP contribution in [0.4, 0.5) is 10.1 Å². The fourth-order valence-electron chi connectivity index (χ4n) is 1.39. The zero-order valence-corrected chi connectivity index (χ0v) is 12.2. The van der Waals surface area contributed by atoms with E-state index in [1.54, 1.807) is 6.92 Å². The lowest BCUT2D eigenvalue weighted by atomic mass is 10.2. The minimum absolute atomic E-state index is 0.0667. The summed E-state index contributed by atoms with van der Waals surface area (Å²) in [5, 5.41) is 0. The van der Waals surface area contributed by atoms with Crippen LogP contribution in [-0.2, 0) is 19.6 Å². The molecule has 0 atom stereocenters. The summed E-state index contributed by atoms with van der Waals surface area (Å²) in [4.78, 5) is 11.1. The number of sulfonamides is 1. The van der Waals surface area contributed by atoms with Gasteiger partial charge in [0.05, 0.1) is 18.8 Å². The topological polar surface area (TPSA) is 98.5 Å². The normalized spacial score (nSPS) is 10.4. The summed E-state index contributed by atoms with van der Waals surface area (Å²) in [6.45, 7) is 1.76. The Hall–Kier alpha value is -2.11. The number of ether oxygens (including phenoxy) is 1. The molecule has 1 rings (SSSR count). The van der Waals surface area contributed by atoms with Gasteiger partial charge < -0.3 is 10.5 Å². The summed E-state index contributed by atoms with van der Waals surface area (Å²) in [6.07, 6.45) is 0. The summed E-state index contributed by atoms with van der Waals surface area (Å²) in [7, 11) is -4.03. The first-order chi connectivity index (χ1) is 9.88. The standard InChI is InChI=1S/C13H15FN2O4S/c1-2-20-13(17)9-21(18,19)16-12-6-5-10(4-3-7-15)8-11(12)14/h5-6,8,16H,2,7,9,15H2,1H3. The van der Waals surface area contributed by atoms with E-state index in [0.29, 0.717) is 5.56 Å². The second-order valence-electron chi connectivity index (χ2n) is 3.87. The number of nitrogens with one attached hydrogen (secondary N) is 1. The van der Waals surface area contributed by atoms with Crippen LogP contribution in [0.25, 0.3) is 0 Å². The first kappa shape index (κ1) is 16.9. The highest BCUT2D eigenvalue weighted by atomic mass is 32.2. The lowest BCUT2D eigenvalue weighted by Gasteiger charge is -2.08. The Morgan fingerprint density at radius 1 is 1.48 bits per heavy atom. The molecule has 0 saturated carbocycles. The van der Waals surface area contributed by atoms with Crippen molar-refractivity contribution in [1.29, 1.82) is 0 Å². The largest absolute Gasteiger partial charge is 0.465 e. The lowest BCUT2D eigenvalue weighted by Crippen LogP contribution is -2.24. The zero-order chi connectivity index (χ0) is 15.9. The molecule has 3 N–H and O–H groups in total. The fourth-order valence-corrected chi connectivity index (χ4v) is 2.36. The summed E-state index contributed by atoms with van der Waals surface area (Å²) >= 11 is 0. The molecule has 0 fully saturated rings. The summed E-state index contributed by atoms with van der Waals surface area (Å²) < 4.78 is 43.6. The quantitative estimate of drug-likeness (QED) is 0.607. The molecular weight excluding hydrogens is 299 g/mol. The van der Waals surface area contributed by atoms with E-state index in [-0.39, 0.29) is 18.8 Å². The third kappa shape index (κ3) is 5.81. The maximum Gasteiger partial charge on any atom is 0.323 e. The molecular formula is C13H15FN2O4S. The van der Waals surface area contributed by atoms with E-state index in [2.05, 4.69) is 16.6 Å². The van der Waals surface area contributed by atoms with Gasteiger partial charge in [0.1, 0.15) is 5.82 Å². The minimum atomic E-state index is -4.03. The Balaban J connectivity index is 2.85. The molecule has 0 spiro atoms. The van der Waals surface area contributed by atoms with Crippen LogP contribution in [0.5, 0.6) is 0 Å². The molecule has 114 valence electrons. The highest BCUT2D eigenvalue weighted by Gasteiger charge is 2.19. The number of nitrogens with two attached hydrogens (primary N) is 1. The molecule has 0 aliphatic rings. The van der Waals surface area contributed by atoms with Crippen LogP contribution in [-0.4, -0.2) is 33.3 Å². The number of esters is 1. The molecule has 0 amide bonds. The first-order valence-corrected chi connectivity index (χ1v) is 7.67. The van der Waals surface area contributed by atoms with Crippen LogP contribution in [0.1, 0.15) is 12.5 Å². The second kappa shape index (κ2) is 7.61. The molecule has 0 aliphatic heterocycles. The van der Waals surface area contributed by atoms with Crippen molar-refractivity contribution in [3.05, 3.63) is 29.6 Å². The smallest absolute Gasteiger partial charge is 0.323 e. The molecule has 1 aromatic carbocycles. The Morgan fingerprint density at radius 3 is 2.76 bits per heavy atom. The van der Waals surface area contributed by atoms with Crippen LogP contribution in [0.2, 0.25) is 0 Å².